The molecule has 1 N–H and O–H groups in total. The molecule has 0 saturated carbocycles. The largest absolute Gasteiger partial charge is 0.471 e. The van der Waals surface area contributed by atoms with E-state index in [1.165, 1.54) is 4.90 Å². The smallest absolute Gasteiger partial charge is 0.341 e. The number of nitrogens with one attached hydrogen (secondary N) is 1. The molecule has 0 aromatic carbocycles. The van der Waals surface area contributed by atoms with Crippen LogP contribution in [0.1, 0.15) is 12.8 Å². The van der Waals surface area contributed by atoms with Gasteiger partial charge < -0.3 is 10.2 Å². The van der Waals surface area contributed by atoms with E-state index in [2.05, 4.69) is 0 Å². The van der Waals surface area contributed by atoms with Crippen LogP contribution in [0.5, 0.6) is 0 Å². The lowest BCUT2D eigenvalue weighted by Gasteiger charge is -2.15. The van der Waals surface area contributed by atoms with Crippen LogP contribution in [-0.4, -0.2) is 42.5 Å². The molecule has 0 radical (unpaired) electrons. The van der Waals surface area contributed by atoms with Gasteiger partial charge in [0.2, 0.25) is 5.91 Å². The number of hydrogen-bond acceptors (Lipinski definition) is 2. The van der Waals surface area contributed by atoms with Gasteiger partial charge in [-0.05, 0) is 12.8 Å². The number of nitrogens with zero attached hydrogens (tertiary/aromatic N) is 1. The highest BCUT2D eigenvalue weighted by atomic mass is 19.4. The minimum Gasteiger partial charge on any atom is -0.341 e. The van der Waals surface area contributed by atoms with Crippen LogP contribution in [0.15, 0.2) is 0 Å². The Morgan fingerprint density at radius 1 is 1.20 bits per heavy atom. The van der Waals surface area contributed by atoms with Crippen LogP contribution >= 0.6 is 0 Å². The first kappa shape index (κ1) is 11.8. The van der Waals surface area contributed by atoms with Gasteiger partial charge in [-0.15, -0.1) is 0 Å². The highest BCUT2D eigenvalue weighted by Crippen LogP contribution is 2.14. The molecule has 0 bridgehead atoms. The summed E-state index contributed by atoms with van der Waals surface area (Å²) in [5, 5.41) is 1.54. The molecule has 0 unspecified atom stereocenters. The van der Waals surface area contributed by atoms with E-state index in [0.29, 0.717) is 13.1 Å². The molecule has 1 fully saturated rings. The third-order valence-electron chi connectivity index (χ3n) is 2.12. The van der Waals surface area contributed by atoms with Crippen molar-refractivity contribution in [1.82, 2.24) is 10.2 Å². The lowest BCUT2D eigenvalue weighted by Crippen LogP contribution is -2.43. The van der Waals surface area contributed by atoms with Gasteiger partial charge in [0.1, 0.15) is 0 Å². The summed E-state index contributed by atoms with van der Waals surface area (Å²) in [5.74, 6) is -2.54. The zero-order valence-corrected chi connectivity index (χ0v) is 7.93. The molecule has 7 heteroatoms. The van der Waals surface area contributed by atoms with Gasteiger partial charge in [-0.25, -0.2) is 0 Å². The average molecular weight is 224 g/mol. The van der Waals surface area contributed by atoms with Gasteiger partial charge in [0.15, 0.2) is 0 Å². The lowest BCUT2D eigenvalue weighted by atomic mass is 10.4. The molecule has 1 heterocycles. The van der Waals surface area contributed by atoms with Gasteiger partial charge in [0.05, 0.1) is 6.54 Å². The second-order valence-electron chi connectivity index (χ2n) is 3.27. The number of hydrogen-bond donors (Lipinski definition) is 1. The van der Waals surface area contributed by atoms with Crippen LogP contribution < -0.4 is 5.32 Å². The summed E-state index contributed by atoms with van der Waals surface area (Å²) in [6.45, 7) is 0.528. The molecule has 86 valence electrons. The number of rotatable bonds is 2. The Labute approximate surface area is 84.4 Å². The van der Waals surface area contributed by atoms with Crippen molar-refractivity contribution in [3.63, 3.8) is 0 Å². The molecular formula is C8H11F3N2O2. The molecule has 1 saturated heterocycles. The predicted molar refractivity (Wildman–Crippen MR) is 44.9 cm³/mol. The van der Waals surface area contributed by atoms with E-state index in [-0.39, 0.29) is 0 Å². The van der Waals surface area contributed by atoms with E-state index in [1.807, 2.05) is 0 Å². The first-order valence-electron chi connectivity index (χ1n) is 4.54. The van der Waals surface area contributed by atoms with Gasteiger partial charge in [-0.2, -0.15) is 13.2 Å². The molecule has 0 spiro atoms. The van der Waals surface area contributed by atoms with E-state index < -0.39 is 24.5 Å². The number of halogens is 3. The normalized spacial score (nSPS) is 16.6. The zero-order chi connectivity index (χ0) is 11.5. The molecule has 2 amide bonds. The molecule has 0 aromatic heterocycles. The third kappa shape index (κ3) is 3.41. The van der Waals surface area contributed by atoms with Crippen LogP contribution in [0.25, 0.3) is 0 Å². The fourth-order valence-corrected chi connectivity index (χ4v) is 1.33. The highest BCUT2D eigenvalue weighted by Gasteiger charge is 2.38. The molecule has 1 aliphatic heterocycles. The summed E-state index contributed by atoms with van der Waals surface area (Å²) in [6.07, 6.45) is -3.21. The quantitative estimate of drug-likeness (QED) is 0.732. The minimum absolute atomic E-state index is 0.468. The Hall–Kier alpha value is -1.27. The van der Waals surface area contributed by atoms with Gasteiger partial charge in [-0.3, -0.25) is 9.59 Å². The third-order valence-corrected chi connectivity index (χ3v) is 2.12. The Bertz CT molecular complexity index is 259. The SMILES string of the molecule is O=C(CNC(=O)C(F)(F)F)N1CCCC1. The van der Waals surface area contributed by atoms with Crippen molar-refractivity contribution in [3.05, 3.63) is 0 Å². The van der Waals surface area contributed by atoms with Crippen molar-refractivity contribution in [2.45, 2.75) is 19.0 Å². The van der Waals surface area contributed by atoms with Crippen molar-refractivity contribution >= 4 is 11.8 Å². The van der Waals surface area contributed by atoms with Crippen LogP contribution in [0.3, 0.4) is 0 Å². The van der Waals surface area contributed by atoms with E-state index in [0.717, 1.165) is 12.8 Å². The summed E-state index contributed by atoms with van der Waals surface area (Å²) < 4.78 is 35.2. The van der Waals surface area contributed by atoms with Crippen molar-refractivity contribution in [1.29, 1.82) is 0 Å². The van der Waals surface area contributed by atoms with Crippen molar-refractivity contribution in [2.75, 3.05) is 19.6 Å². The average Bonchev–Trinajstić information content (AvgIpc) is 2.64. The van der Waals surface area contributed by atoms with E-state index in [1.54, 1.807) is 5.32 Å². The Morgan fingerprint density at radius 2 is 1.73 bits per heavy atom. The second kappa shape index (κ2) is 4.50. The first-order chi connectivity index (χ1) is 6.91. The van der Waals surface area contributed by atoms with E-state index >= 15 is 0 Å². The molecule has 0 aromatic rings. The number of amides is 2. The van der Waals surface area contributed by atoms with Crippen LogP contribution in [-0.2, 0) is 9.59 Å². The fraction of sp³-hybridized carbons (Fsp3) is 0.750. The van der Waals surface area contributed by atoms with Crippen molar-refractivity contribution in [2.24, 2.45) is 0 Å². The summed E-state index contributed by atoms with van der Waals surface area (Å²) in [5.41, 5.74) is 0. The van der Waals surface area contributed by atoms with Gasteiger partial charge in [0.25, 0.3) is 0 Å². The number of carbonyl (C=O) groups is 2. The molecule has 1 aliphatic rings. The van der Waals surface area contributed by atoms with Gasteiger partial charge in [-0.1, -0.05) is 0 Å². The summed E-state index contributed by atoms with van der Waals surface area (Å²) >= 11 is 0. The fourth-order valence-electron chi connectivity index (χ4n) is 1.33. The Balaban J connectivity index is 2.30. The molecule has 15 heavy (non-hydrogen) atoms. The molecule has 4 nitrogen and oxygen atoms in total. The Kier molecular flexibility index (Phi) is 3.54. The zero-order valence-electron chi connectivity index (χ0n) is 7.93. The predicted octanol–water partition coefficient (Wildman–Crippen LogP) is 0.287. The van der Waals surface area contributed by atoms with Crippen LogP contribution in [0, 0.1) is 0 Å². The molecule has 0 aliphatic carbocycles. The number of carbonyl (C=O) groups excluding carboxylic acids is 2. The van der Waals surface area contributed by atoms with E-state index in [4.69, 9.17) is 0 Å². The van der Waals surface area contributed by atoms with Gasteiger partial charge >= 0.3 is 12.1 Å². The monoisotopic (exact) mass is 224 g/mol. The topological polar surface area (TPSA) is 49.4 Å². The second-order valence-corrected chi connectivity index (χ2v) is 3.27. The first-order valence-corrected chi connectivity index (χ1v) is 4.54. The van der Waals surface area contributed by atoms with Gasteiger partial charge in [0, 0.05) is 13.1 Å². The minimum atomic E-state index is -4.93. The van der Waals surface area contributed by atoms with Crippen LogP contribution in [0.2, 0.25) is 0 Å². The standard InChI is InChI=1S/C8H11F3N2O2/c9-8(10,11)7(15)12-5-6(14)13-3-1-2-4-13/h1-5H2,(H,12,15). The Morgan fingerprint density at radius 3 is 2.20 bits per heavy atom. The molecule has 1 rings (SSSR count). The number of likely N-dealkylation sites (tertiary alicyclic amines) is 1. The summed E-state index contributed by atoms with van der Waals surface area (Å²) in [7, 11) is 0. The highest BCUT2D eigenvalue weighted by molar-refractivity contribution is 5.87. The molecular weight excluding hydrogens is 213 g/mol. The maximum atomic E-state index is 11.7. The number of alkyl halides is 3. The summed E-state index contributed by atoms with van der Waals surface area (Å²) in [6, 6.07) is 0. The maximum absolute atomic E-state index is 11.7. The lowest BCUT2D eigenvalue weighted by molar-refractivity contribution is -0.174. The van der Waals surface area contributed by atoms with Crippen molar-refractivity contribution < 1.29 is 22.8 Å². The van der Waals surface area contributed by atoms with Crippen molar-refractivity contribution in [3.8, 4) is 0 Å². The van der Waals surface area contributed by atoms with Crippen LogP contribution in [0.4, 0.5) is 13.2 Å². The maximum Gasteiger partial charge on any atom is 0.471 e. The van der Waals surface area contributed by atoms with E-state index in [9.17, 15) is 22.8 Å². The summed E-state index contributed by atoms with van der Waals surface area (Å²) in [4.78, 5) is 23.0. The molecule has 0 atom stereocenters.